The maximum absolute atomic E-state index is 14.2. The van der Waals surface area contributed by atoms with Gasteiger partial charge in [0.05, 0.1) is 11.3 Å². The summed E-state index contributed by atoms with van der Waals surface area (Å²) in [7, 11) is 0. The number of benzene rings is 1. The molecular formula is C15H20FN3O2. The number of nitrogens with two attached hydrogens (primary N) is 1. The van der Waals surface area contributed by atoms with Gasteiger partial charge in [-0.15, -0.1) is 0 Å². The van der Waals surface area contributed by atoms with Crippen LogP contribution >= 0.6 is 0 Å². The number of halogens is 1. The molecule has 21 heavy (non-hydrogen) atoms. The third kappa shape index (κ3) is 2.68. The fraction of sp³-hybridized carbons (Fsp3) is 0.533. The fourth-order valence-electron chi connectivity index (χ4n) is 3.38. The Morgan fingerprint density at radius 2 is 2.10 bits per heavy atom. The lowest BCUT2D eigenvalue weighted by Gasteiger charge is -2.45. The van der Waals surface area contributed by atoms with E-state index in [4.69, 9.17) is 10.8 Å². The Bertz CT molecular complexity index is 564. The summed E-state index contributed by atoms with van der Waals surface area (Å²) in [5, 5.41) is 9.14. The van der Waals surface area contributed by atoms with Crippen LogP contribution in [0.1, 0.15) is 29.6 Å². The van der Waals surface area contributed by atoms with Crippen molar-refractivity contribution in [3.05, 3.63) is 23.5 Å². The molecular weight excluding hydrogens is 273 g/mol. The summed E-state index contributed by atoms with van der Waals surface area (Å²) in [6.07, 6.45) is 3.56. The molecule has 2 aliphatic rings. The van der Waals surface area contributed by atoms with Gasteiger partial charge >= 0.3 is 5.97 Å². The van der Waals surface area contributed by atoms with E-state index in [1.807, 2.05) is 4.90 Å². The summed E-state index contributed by atoms with van der Waals surface area (Å²) >= 11 is 0. The molecule has 0 aromatic heterocycles. The van der Waals surface area contributed by atoms with Crippen LogP contribution in [0.25, 0.3) is 0 Å². The van der Waals surface area contributed by atoms with Crippen LogP contribution in [0.5, 0.6) is 0 Å². The van der Waals surface area contributed by atoms with Crippen molar-refractivity contribution >= 4 is 17.3 Å². The number of carboxylic acid groups (broad SMARTS) is 1. The summed E-state index contributed by atoms with van der Waals surface area (Å²) in [6, 6.07) is 2.93. The topological polar surface area (TPSA) is 69.8 Å². The number of piperidine rings is 1. The standard InChI is InChI=1S/C15H20FN3O2/c16-12-8-13(17)11(15(20)21)7-14(12)19-6-5-18-4-2-1-3-10(18)9-19/h7-8,10H,1-6,9,17H2,(H,20,21). The monoisotopic (exact) mass is 293 g/mol. The van der Waals surface area contributed by atoms with E-state index in [1.54, 1.807) is 0 Å². The van der Waals surface area contributed by atoms with Crippen LogP contribution in [0, 0.1) is 5.82 Å². The Kier molecular flexibility index (Phi) is 3.71. The summed E-state index contributed by atoms with van der Waals surface area (Å²) < 4.78 is 14.2. The molecule has 0 saturated carbocycles. The van der Waals surface area contributed by atoms with Gasteiger partial charge in [-0.3, -0.25) is 4.90 Å². The Labute approximate surface area is 123 Å². The maximum Gasteiger partial charge on any atom is 0.337 e. The number of carbonyl (C=O) groups is 1. The summed E-state index contributed by atoms with van der Waals surface area (Å²) in [6.45, 7) is 3.48. The predicted octanol–water partition coefficient (Wildman–Crippen LogP) is 1.78. The number of aromatic carboxylic acids is 1. The number of anilines is 2. The van der Waals surface area contributed by atoms with Crippen LogP contribution in [0.2, 0.25) is 0 Å². The SMILES string of the molecule is Nc1cc(F)c(N2CCN3CCCCC3C2)cc1C(=O)O. The molecule has 5 nitrogen and oxygen atoms in total. The van der Waals surface area contributed by atoms with Crippen LogP contribution in [-0.2, 0) is 0 Å². The van der Waals surface area contributed by atoms with Crippen molar-refractivity contribution in [2.75, 3.05) is 36.8 Å². The van der Waals surface area contributed by atoms with Crippen molar-refractivity contribution < 1.29 is 14.3 Å². The highest BCUT2D eigenvalue weighted by atomic mass is 19.1. The molecule has 2 fully saturated rings. The van der Waals surface area contributed by atoms with Crippen LogP contribution in [0.3, 0.4) is 0 Å². The van der Waals surface area contributed by atoms with Gasteiger partial charge in [0.15, 0.2) is 0 Å². The average Bonchev–Trinajstić information content (AvgIpc) is 2.46. The van der Waals surface area contributed by atoms with Gasteiger partial charge in [0.25, 0.3) is 0 Å². The van der Waals surface area contributed by atoms with E-state index in [0.717, 1.165) is 38.7 Å². The van der Waals surface area contributed by atoms with Gasteiger partial charge in [0.1, 0.15) is 5.82 Å². The molecule has 3 rings (SSSR count). The van der Waals surface area contributed by atoms with Crippen molar-refractivity contribution in [2.45, 2.75) is 25.3 Å². The predicted molar refractivity (Wildman–Crippen MR) is 79.2 cm³/mol. The van der Waals surface area contributed by atoms with Crippen molar-refractivity contribution in [1.29, 1.82) is 0 Å². The number of hydrogen-bond acceptors (Lipinski definition) is 4. The first kappa shape index (κ1) is 14.1. The lowest BCUT2D eigenvalue weighted by atomic mass is 9.99. The minimum atomic E-state index is -1.12. The third-order valence-electron chi connectivity index (χ3n) is 4.53. The Morgan fingerprint density at radius 3 is 2.86 bits per heavy atom. The molecule has 0 spiro atoms. The largest absolute Gasteiger partial charge is 0.478 e. The van der Waals surface area contributed by atoms with Crippen molar-refractivity contribution in [1.82, 2.24) is 4.90 Å². The van der Waals surface area contributed by atoms with Crippen molar-refractivity contribution in [3.8, 4) is 0 Å². The Morgan fingerprint density at radius 1 is 1.29 bits per heavy atom. The molecule has 0 aliphatic carbocycles. The smallest absolute Gasteiger partial charge is 0.337 e. The zero-order chi connectivity index (χ0) is 15.0. The second kappa shape index (κ2) is 5.52. The van der Waals surface area contributed by atoms with Gasteiger partial charge in [-0.05, 0) is 31.5 Å². The summed E-state index contributed by atoms with van der Waals surface area (Å²) in [5.41, 5.74) is 5.88. The van der Waals surface area contributed by atoms with E-state index < -0.39 is 11.8 Å². The zero-order valence-corrected chi connectivity index (χ0v) is 11.9. The first-order valence-corrected chi connectivity index (χ1v) is 7.37. The molecule has 2 aliphatic heterocycles. The number of fused-ring (bicyclic) bond motifs is 1. The van der Waals surface area contributed by atoms with Crippen molar-refractivity contribution in [3.63, 3.8) is 0 Å². The first-order chi connectivity index (χ1) is 10.1. The second-order valence-corrected chi connectivity index (χ2v) is 5.83. The number of hydrogen-bond donors (Lipinski definition) is 2. The fourth-order valence-corrected chi connectivity index (χ4v) is 3.38. The number of piperazine rings is 1. The number of rotatable bonds is 2. The van der Waals surface area contributed by atoms with Gasteiger partial charge < -0.3 is 15.7 Å². The molecule has 2 heterocycles. The highest BCUT2D eigenvalue weighted by molar-refractivity contribution is 5.95. The van der Waals surface area contributed by atoms with Crippen LogP contribution < -0.4 is 10.6 Å². The number of nitrogen functional groups attached to an aromatic ring is 1. The van der Waals surface area contributed by atoms with Gasteiger partial charge in [-0.1, -0.05) is 6.42 Å². The molecule has 1 unspecified atom stereocenters. The van der Waals surface area contributed by atoms with E-state index in [9.17, 15) is 9.18 Å². The van der Waals surface area contributed by atoms with Gasteiger partial charge in [0, 0.05) is 31.4 Å². The molecule has 114 valence electrons. The highest BCUT2D eigenvalue weighted by Gasteiger charge is 2.30. The molecule has 0 bridgehead atoms. The molecule has 0 radical (unpaired) electrons. The second-order valence-electron chi connectivity index (χ2n) is 5.83. The molecule has 3 N–H and O–H groups in total. The number of nitrogens with zero attached hydrogens (tertiary/aromatic N) is 2. The summed E-state index contributed by atoms with van der Waals surface area (Å²) in [5.74, 6) is -1.56. The molecule has 2 saturated heterocycles. The van der Waals surface area contributed by atoms with Gasteiger partial charge in [0.2, 0.25) is 0 Å². The van der Waals surface area contributed by atoms with E-state index in [2.05, 4.69) is 4.90 Å². The average molecular weight is 293 g/mol. The molecule has 6 heteroatoms. The Hall–Kier alpha value is -1.82. The van der Waals surface area contributed by atoms with Gasteiger partial charge in [-0.25, -0.2) is 9.18 Å². The highest BCUT2D eigenvalue weighted by Crippen LogP contribution is 2.29. The van der Waals surface area contributed by atoms with E-state index in [1.165, 1.54) is 18.9 Å². The van der Waals surface area contributed by atoms with Crippen LogP contribution in [0.15, 0.2) is 12.1 Å². The van der Waals surface area contributed by atoms with E-state index in [0.29, 0.717) is 11.7 Å². The maximum atomic E-state index is 14.2. The summed E-state index contributed by atoms with van der Waals surface area (Å²) in [4.78, 5) is 15.6. The zero-order valence-electron chi connectivity index (χ0n) is 11.9. The number of carboxylic acids is 1. The third-order valence-corrected chi connectivity index (χ3v) is 4.53. The van der Waals surface area contributed by atoms with E-state index >= 15 is 0 Å². The molecule has 0 amide bonds. The normalized spacial score (nSPS) is 22.9. The van der Waals surface area contributed by atoms with Crippen LogP contribution in [0.4, 0.5) is 15.8 Å². The Balaban J connectivity index is 1.86. The minimum Gasteiger partial charge on any atom is -0.478 e. The molecule has 1 atom stereocenters. The quantitative estimate of drug-likeness (QED) is 0.813. The van der Waals surface area contributed by atoms with Gasteiger partial charge in [-0.2, -0.15) is 0 Å². The van der Waals surface area contributed by atoms with E-state index in [-0.39, 0.29) is 11.3 Å². The minimum absolute atomic E-state index is 0.0277. The molecule has 1 aromatic carbocycles. The molecule has 1 aromatic rings. The lowest BCUT2D eigenvalue weighted by molar-refractivity contribution is 0.0698. The van der Waals surface area contributed by atoms with Crippen molar-refractivity contribution in [2.24, 2.45) is 0 Å². The lowest BCUT2D eigenvalue weighted by Crippen LogP contribution is -2.55. The first-order valence-electron chi connectivity index (χ1n) is 7.37. The van der Waals surface area contributed by atoms with Crippen LogP contribution in [-0.4, -0.2) is 48.2 Å².